The number of carbonyl (C=O) groups excluding carboxylic acids is 1. The van der Waals surface area contributed by atoms with E-state index in [1.807, 2.05) is 37.3 Å². The van der Waals surface area contributed by atoms with Gasteiger partial charge in [0.15, 0.2) is 0 Å². The Morgan fingerprint density at radius 1 is 1.23 bits per heavy atom. The first-order valence-corrected chi connectivity index (χ1v) is 8.25. The predicted molar refractivity (Wildman–Crippen MR) is 89.3 cm³/mol. The number of benzene rings is 2. The summed E-state index contributed by atoms with van der Waals surface area (Å²) in [5, 5.41) is 2.91. The van der Waals surface area contributed by atoms with Crippen molar-refractivity contribution in [3.05, 3.63) is 65.5 Å². The highest BCUT2D eigenvalue weighted by Gasteiger charge is 2.13. The molecule has 2 aromatic rings. The van der Waals surface area contributed by atoms with Gasteiger partial charge in [-0.15, -0.1) is 11.8 Å². The van der Waals surface area contributed by atoms with Gasteiger partial charge in [-0.2, -0.15) is 0 Å². The van der Waals surface area contributed by atoms with Crippen LogP contribution in [0, 0.1) is 18.7 Å². The van der Waals surface area contributed by atoms with E-state index in [-0.39, 0.29) is 17.6 Å². The molecule has 0 aliphatic heterocycles. The summed E-state index contributed by atoms with van der Waals surface area (Å²) in [7, 11) is 0. The number of carbonyl (C=O) groups is 1. The van der Waals surface area contributed by atoms with E-state index >= 15 is 0 Å². The Hall–Kier alpha value is -1.81. The third-order valence-corrected chi connectivity index (χ3v) is 4.65. The molecule has 2 aromatic carbocycles. The van der Waals surface area contributed by atoms with Crippen LogP contribution in [0.5, 0.6) is 0 Å². The van der Waals surface area contributed by atoms with Crippen LogP contribution in [-0.4, -0.2) is 11.7 Å². The van der Waals surface area contributed by atoms with E-state index in [1.165, 1.54) is 6.07 Å². The fourth-order valence-electron chi connectivity index (χ4n) is 1.99. The fraction of sp³-hybridized carbons (Fsp3) is 0.278. The maximum Gasteiger partial charge on any atom is 0.223 e. The van der Waals surface area contributed by atoms with Crippen LogP contribution in [0.15, 0.2) is 53.4 Å². The van der Waals surface area contributed by atoms with Crippen molar-refractivity contribution in [1.29, 1.82) is 0 Å². The topological polar surface area (TPSA) is 29.1 Å². The Kier molecular flexibility index (Phi) is 6.01. The van der Waals surface area contributed by atoms with E-state index in [9.17, 15) is 9.18 Å². The van der Waals surface area contributed by atoms with Gasteiger partial charge in [0.1, 0.15) is 5.82 Å². The quantitative estimate of drug-likeness (QED) is 0.810. The number of aryl methyl sites for hydroxylation is 1. The Morgan fingerprint density at radius 3 is 2.64 bits per heavy atom. The van der Waals surface area contributed by atoms with Crippen LogP contribution in [0.3, 0.4) is 0 Å². The molecular formula is C18H20FNOS. The molecule has 22 heavy (non-hydrogen) atoms. The molecular weight excluding hydrogens is 297 g/mol. The van der Waals surface area contributed by atoms with Gasteiger partial charge in [-0.25, -0.2) is 4.39 Å². The molecule has 1 N–H and O–H groups in total. The highest BCUT2D eigenvalue weighted by atomic mass is 32.2. The third kappa shape index (κ3) is 4.88. The summed E-state index contributed by atoms with van der Waals surface area (Å²) in [6.45, 7) is 4.07. The molecule has 0 spiro atoms. The molecule has 0 aliphatic rings. The maximum absolute atomic E-state index is 13.2. The van der Waals surface area contributed by atoms with Crippen molar-refractivity contribution in [2.45, 2.75) is 25.3 Å². The Morgan fingerprint density at radius 2 is 1.95 bits per heavy atom. The molecule has 0 radical (unpaired) electrons. The van der Waals surface area contributed by atoms with Crippen LogP contribution in [0.1, 0.15) is 18.1 Å². The first-order chi connectivity index (χ1) is 10.6. The van der Waals surface area contributed by atoms with Crippen molar-refractivity contribution >= 4 is 17.7 Å². The smallest absolute Gasteiger partial charge is 0.223 e. The minimum absolute atomic E-state index is 0.0189. The highest BCUT2D eigenvalue weighted by Crippen LogP contribution is 2.20. The van der Waals surface area contributed by atoms with Gasteiger partial charge in [0.05, 0.1) is 0 Å². The summed E-state index contributed by atoms with van der Waals surface area (Å²) in [6, 6.07) is 14.9. The standard InChI is InChI=1S/C18H20FNOS/c1-13-10-15(8-9-17(13)19)11-20-18(21)14(2)12-22-16-6-4-3-5-7-16/h3-10,14H,11-12H2,1-2H3,(H,20,21). The Balaban J connectivity index is 1.79. The van der Waals surface area contributed by atoms with Gasteiger partial charge in [-0.05, 0) is 36.2 Å². The predicted octanol–water partition coefficient (Wildman–Crippen LogP) is 4.18. The minimum Gasteiger partial charge on any atom is -0.352 e. The molecule has 2 rings (SSSR count). The summed E-state index contributed by atoms with van der Waals surface area (Å²) in [5.41, 5.74) is 1.51. The second kappa shape index (κ2) is 7.99. The van der Waals surface area contributed by atoms with Gasteiger partial charge in [-0.3, -0.25) is 4.79 Å². The minimum atomic E-state index is -0.220. The van der Waals surface area contributed by atoms with Crippen LogP contribution >= 0.6 is 11.8 Å². The van der Waals surface area contributed by atoms with Gasteiger partial charge in [0.2, 0.25) is 5.91 Å². The van der Waals surface area contributed by atoms with Crippen molar-refractivity contribution in [2.75, 3.05) is 5.75 Å². The van der Waals surface area contributed by atoms with Gasteiger partial charge in [-0.1, -0.05) is 37.3 Å². The van der Waals surface area contributed by atoms with Crippen molar-refractivity contribution in [3.63, 3.8) is 0 Å². The van der Waals surface area contributed by atoms with Crippen molar-refractivity contribution in [1.82, 2.24) is 5.32 Å². The summed E-state index contributed by atoms with van der Waals surface area (Å²) in [5.74, 6) is 0.457. The average molecular weight is 317 g/mol. The summed E-state index contributed by atoms with van der Waals surface area (Å²) in [4.78, 5) is 13.3. The Bertz CT molecular complexity index is 630. The lowest BCUT2D eigenvalue weighted by Gasteiger charge is -2.12. The van der Waals surface area contributed by atoms with Crippen LogP contribution in [0.4, 0.5) is 4.39 Å². The summed E-state index contributed by atoms with van der Waals surface area (Å²) < 4.78 is 13.2. The zero-order valence-electron chi connectivity index (χ0n) is 12.8. The monoisotopic (exact) mass is 317 g/mol. The van der Waals surface area contributed by atoms with Gasteiger partial charge < -0.3 is 5.32 Å². The molecule has 0 heterocycles. The molecule has 1 unspecified atom stereocenters. The molecule has 4 heteroatoms. The molecule has 0 bridgehead atoms. The highest BCUT2D eigenvalue weighted by molar-refractivity contribution is 7.99. The normalized spacial score (nSPS) is 12.0. The SMILES string of the molecule is Cc1cc(CNC(=O)C(C)CSc2ccccc2)ccc1F. The van der Waals surface area contributed by atoms with E-state index in [4.69, 9.17) is 0 Å². The van der Waals surface area contributed by atoms with Crippen LogP contribution in [0.25, 0.3) is 0 Å². The van der Waals surface area contributed by atoms with E-state index < -0.39 is 0 Å². The average Bonchev–Trinajstić information content (AvgIpc) is 2.54. The third-order valence-electron chi connectivity index (χ3n) is 3.38. The summed E-state index contributed by atoms with van der Waals surface area (Å²) >= 11 is 1.67. The second-order valence-corrected chi connectivity index (χ2v) is 6.42. The maximum atomic E-state index is 13.2. The zero-order chi connectivity index (χ0) is 15.9. The van der Waals surface area contributed by atoms with Crippen LogP contribution < -0.4 is 5.32 Å². The molecule has 0 saturated carbocycles. The molecule has 116 valence electrons. The molecule has 1 atom stereocenters. The van der Waals surface area contributed by atoms with Crippen LogP contribution in [0.2, 0.25) is 0 Å². The number of amides is 1. The van der Waals surface area contributed by atoms with Crippen molar-refractivity contribution < 1.29 is 9.18 Å². The van der Waals surface area contributed by atoms with Gasteiger partial charge in [0, 0.05) is 23.1 Å². The molecule has 0 aromatic heterocycles. The van der Waals surface area contributed by atoms with Crippen LogP contribution in [-0.2, 0) is 11.3 Å². The zero-order valence-corrected chi connectivity index (χ0v) is 13.6. The number of halogens is 1. The molecule has 0 aliphatic carbocycles. The molecule has 0 saturated heterocycles. The number of thioether (sulfide) groups is 1. The first kappa shape index (κ1) is 16.6. The lowest BCUT2D eigenvalue weighted by Crippen LogP contribution is -2.29. The molecule has 1 amide bonds. The van der Waals surface area contributed by atoms with E-state index in [0.29, 0.717) is 12.1 Å². The second-order valence-electron chi connectivity index (χ2n) is 5.33. The van der Waals surface area contributed by atoms with E-state index in [1.54, 1.807) is 30.8 Å². The molecule has 2 nitrogen and oxygen atoms in total. The largest absolute Gasteiger partial charge is 0.352 e. The van der Waals surface area contributed by atoms with Crippen molar-refractivity contribution in [3.8, 4) is 0 Å². The molecule has 0 fully saturated rings. The number of hydrogen-bond donors (Lipinski definition) is 1. The van der Waals surface area contributed by atoms with E-state index in [0.717, 1.165) is 16.2 Å². The summed E-state index contributed by atoms with van der Waals surface area (Å²) in [6.07, 6.45) is 0. The number of rotatable bonds is 6. The van der Waals surface area contributed by atoms with Gasteiger partial charge in [0.25, 0.3) is 0 Å². The van der Waals surface area contributed by atoms with E-state index in [2.05, 4.69) is 5.32 Å². The van der Waals surface area contributed by atoms with Gasteiger partial charge >= 0.3 is 0 Å². The lowest BCUT2D eigenvalue weighted by atomic mass is 10.1. The number of nitrogens with one attached hydrogen (secondary N) is 1. The Labute approximate surface area is 135 Å². The lowest BCUT2D eigenvalue weighted by molar-refractivity contribution is -0.124. The first-order valence-electron chi connectivity index (χ1n) is 7.27. The van der Waals surface area contributed by atoms with Crippen molar-refractivity contribution in [2.24, 2.45) is 5.92 Å². The fourth-order valence-corrected chi connectivity index (χ4v) is 2.94. The number of hydrogen-bond acceptors (Lipinski definition) is 2.